The van der Waals surface area contributed by atoms with Gasteiger partial charge in [0.25, 0.3) is 0 Å². The number of benzene rings is 1. The molecule has 0 bridgehead atoms. The van der Waals surface area contributed by atoms with Crippen molar-refractivity contribution in [3.63, 3.8) is 0 Å². The summed E-state index contributed by atoms with van der Waals surface area (Å²) in [6.07, 6.45) is 1.24. The van der Waals surface area contributed by atoms with Crippen LogP contribution in [0.3, 0.4) is 0 Å². The Morgan fingerprint density at radius 2 is 2.11 bits per heavy atom. The number of carbonyl (C=O) groups is 1. The number of nitrogens with zero attached hydrogens (tertiary/aromatic N) is 1. The molecular formula is C13H13NO4. The van der Waals surface area contributed by atoms with E-state index < -0.39 is 5.97 Å². The molecule has 0 saturated heterocycles. The highest BCUT2D eigenvalue weighted by Crippen LogP contribution is 2.14. The zero-order valence-electron chi connectivity index (χ0n) is 9.92. The van der Waals surface area contributed by atoms with Crippen molar-refractivity contribution < 1.29 is 19.1 Å². The molecule has 1 N–H and O–H groups in total. The van der Waals surface area contributed by atoms with Crippen LogP contribution in [0, 0.1) is 6.92 Å². The molecule has 0 spiro atoms. The van der Waals surface area contributed by atoms with Crippen LogP contribution in [0.2, 0.25) is 0 Å². The number of oxazole rings is 1. The first-order valence-corrected chi connectivity index (χ1v) is 5.48. The maximum Gasteiger partial charge on any atom is 0.311 e. The zero-order chi connectivity index (χ0) is 13.0. The Morgan fingerprint density at radius 1 is 1.39 bits per heavy atom. The first-order valence-electron chi connectivity index (χ1n) is 5.48. The molecule has 5 heteroatoms. The van der Waals surface area contributed by atoms with Crippen molar-refractivity contribution in [2.24, 2.45) is 0 Å². The molecule has 0 aliphatic heterocycles. The van der Waals surface area contributed by atoms with E-state index in [2.05, 4.69) is 4.98 Å². The van der Waals surface area contributed by atoms with Crippen LogP contribution in [0.1, 0.15) is 17.2 Å². The summed E-state index contributed by atoms with van der Waals surface area (Å²) in [6, 6.07) is 7.61. The molecule has 0 radical (unpaired) electrons. The molecule has 0 amide bonds. The largest absolute Gasteiger partial charge is 0.484 e. The number of aromatic nitrogens is 1. The Balaban J connectivity index is 1.92. The third-order valence-corrected chi connectivity index (χ3v) is 2.31. The average Bonchev–Trinajstić information content (AvgIpc) is 2.75. The van der Waals surface area contributed by atoms with Gasteiger partial charge in [-0.25, -0.2) is 4.98 Å². The molecule has 1 aromatic carbocycles. The standard InChI is InChI=1S/C13H13NO4/c1-9-2-4-10(5-3-9)17-8-12-14-7-11(18-12)6-13(15)16/h2-5,7H,6,8H2,1H3,(H,15,16). The molecule has 18 heavy (non-hydrogen) atoms. The summed E-state index contributed by atoms with van der Waals surface area (Å²) in [5.41, 5.74) is 1.15. The minimum absolute atomic E-state index is 0.169. The minimum atomic E-state index is -0.947. The Kier molecular flexibility index (Phi) is 3.62. The second-order valence-corrected chi connectivity index (χ2v) is 3.89. The van der Waals surface area contributed by atoms with Crippen molar-refractivity contribution in [1.82, 2.24) is 4.98 Å². The lowest BCUT2D eigenvalue weighted by atomic mass is 10.2. The average molecular weight is 247 g/mol. The van der Waals surface area contributed by atoms with Crippen LogP contribution < -0.4 is 4.74 Å². The quantitative estimate of drug-likeness (QED) is 0.876. The number of hydrogen-bond acceptors (Lipinski definition) is 4. The predicted octanol–water partition coefficient (Wildman–Crippen LogP) is 2.19. The molecular weight excluding hydrogens is 234 g/mol. The molecule has 1 heterocycles. The second-order valence-electron chi connectivity index (χ2n) is 3.89. The van der Waals surface area contributed by atoms with Gasteiger partial charge >= 0.3 is 5.97 Å². The number of aryl methyl sites for hydroxylation is 1. The highest BCUT2D eigenvalue weighted by Gasteiger charge is 2.08. The molecule has 94 valence electrons. The van der Waals surface area contributed by atoms with Gasteiger partial charge < -0.3 is 14.3 Å². The van der Waals surface area contributed by atoms with E-state index in [-0.39, 0.29) is 13.0 Å². The van der Waals surface area contributed by atoms with Crippen LogP contribution in [-0.2, 0) is 17.8 Å². The van der Waals surface area contributed by atoms with Crippen LogP contribution in [0.25, 0.3) is 0 Å². The Labute approximate surface area is 104 Å². The van der Waals surface area contributed by atoms with E-state index >= 15 is 0 Å². The zero-order valence-corrected chi connectivity index (χ0v) is 9.92. The van der Waals surface area contributed by atoms with E-state index in [1.54, 1.807) is 0 Å². The van der Waals surface area contributed by atoms with Crippen LogP contribution in [0.4, 0.5) is 0 Å². The van der Waals surface area contributed by atoms with E-state index in [0.29, 0.717) is 11.7 Å². The summed E-state index contributed by atoms with van der Waals surface area (Å²) in [5, 5.41) is 8.59. The minimum Gasteiger partial charge on any atom is -0.484 e. The number of ether oxygens (including phenoxy) is 1. The van der Waals surface area contributed by atoms with Gasteiger partial charge in [-0.05, 0) is 19.1 Å². The summed E-state index contributed by atoms with van der Waals surface area (Å²) in [7, 11) is 0. The van der Waals surface area contributed by atoms with Crippen LogP contribution >= 0.6 is 0 Å². The van der Waals surface area contributed by atoms with Crippen molar-refractivity contribution in [3.05, 3.63) is 47.7 Å². The van der Waals surface area contributed by atoms with Gasteiger partial charge in [0.1, 0.15) is 17.9 Å². The van der Waals surface area contributed by atoms with Crippen molar-refractivity contribution in [3.8, 4) is 5.75 Å². The number of hydrogen-bond donors (Lipinski definition) is 1. The molecule has 5 nitrogen and oxygen atoms in total. The number of carboxylic acids is 1. The molecule has 2 aromatic rings. The highest BCUT2D eigenvalue weighted by molar-refractivity contribution is 5.69. The summed E-state index contributed by atoms with van der Waals surface area (Å²) in [4.78, 5) is 14.4. The van der Waals surface area contributed by atoms with E-state index in [1.165, 1.54) is 6.20 Å². The molecule has 0 unspecified atom stereocenters. The van der Waals surface area contributed by atoms with E-state index in [4.69, 9.17) is 14.3 Å². The van der Waals surface area contributed by atoms with Gasteiger partial charge in [0.2, 0.25) is 5.89 Å². The van der Waals surface area contributed by atoms with Crippen molar-refractivity contribution in [2.45, 2.75) is 20.0 Å². The molecule has 0 fully saturated rings. The van der Waals surface area contributed by atoms with Crippen LogP contribution in [-0.4, -0.2) is 16.1 Å². The lowest BCUT2D eigenvalue weighted by molar-refractivity contribution is -0.136. The first-order chi connectivity index (χ1) is 8.63. The predicted molar refractivity (Wildman–Crippen MR) is 63.4 cm³/mol. The van der Waals surface area contributed by atoms with Crippen LogP contribution in [0.15, 0.2) is 34.9 Å². The summed E-state index contributed by atoms with van der Waals surface area (Å²) in [5.74, 6) is 0.465. The van der Waals surface area contributed by atoms with Gasteiger partial charge in [0.15, 0.2) is 6.61 Å². The van der Waals surface area contributed by atoms with Gasteiger partial charge in [0.05, 0.1) is 6.20 Å². The normalized spacial score (nSPS) is 10.3. The van der Waals surface area contributed by atoms with Gasteiger partial charge in [-0.2, -0.15) is 0 Å². The Hall–Kier alpha value is -2.30. The number of carboxylic acid groups (broad SMARTS) is 1. The van der Waals surface area contributed by atoms with E-state index in [9.17, 15) is 4.79 Å². The Morgan fingerprint density at radius 3 is 2.78 bits per heavy atom. The monoisotopic (exact) mass is 247 g/mol. The SMILES string of the molecule is Cc1ccc(OCc2ncc(CC(=O)O)o2)cc1. The smallest absolute Gasteiger partial charge is 0.311 e. The molecule has 0 atom stereocenters. The lowest BCUT2D eigenvalue weighted by Crippen LogP contribution is -1.98. The van der Waals surface area contributed by atoms with E-state index in [0.717, 1.165) is 11.3 Å². The van der Waals surface area contributed by atoms with Crippen molar-refractivity contribution in [1.29, 1.82) is 0 Å². The van der Waals surface area contributed by atoms with Gasteiger partial charge in [-0.3, -0.25) is 4.79 Å². The third kappa shape index (κ3) is 3.35. The Bertz CT molecular complexity index is 530. The fourth-order valence-corrected chi connectivity index (χ4v) is 1.43. The maximum atomic E-state index is 10.5. The fourth-order valence-electron chi connectivity index (χ4n) is 1.43. The third-order valence-electron chi connectivity index (χ3n) is 2.31. The molecule has 0 aliphatic carbocycles. The molecule has 2 rings (SSSR count). The second kappa shape index (κ2) is 5.35. The van der Waals surface area contributed by atoms with E-state index in [1.807, 2.05) is 31.2 Å². The highest BCUT2D eigenvalue weighted by atomic mass is 16.5. The van der Waals surface area contributed by atoms with Gasteiger partial charge in [-0.15, -0.1) is 0 Å². The van der Waals surface area contributed by atoms with Crippen molar-refractivity contribution >= 4 is 5.97 Å². The lowest BCUT2D eigenvalue weighted by Gasteiger charge is -2.03. The number of rotatable bonds is 5. The molecule has 1 aromatic heterocycles. The first kappa shape index (κ1) is 12.2. The summed E-state index contributed by atoms with van der Waals surface area (Å²) < 4.78 is 10.7. The van der Waals surface area contributed by atoms with Gasteiger partial charge in [0, 0.05) is 0 Å². The molecule has 0 aliphatic rings. The van der Waals surface area contributed by atoms with Crippen LogP contribution in [0.5, 0.6) is 5.75 Å². The summed E-state index contributed by atoms with van der Waals surface area (Å²) in [6.45, 7) is 2.18. The van der Waals surface area contributed by atoms with Crippen molar-refractivity contribution in [2.75, 3.05) is 0 Å². The maximum absolute atomic E-state index is 10.5. The topological polar surface area (TPSA) is 72.6 Å². The fraction of sp³-hybridized carbons (Fsp3) is 0.231. The van der Waals surface area contributed by atoms with Gasteiger partial charge in [-0.1, -0.05) is 17.7 Å². The molecule has 0 saturated carbocycles. The number of aliphatic carboxylic acids is 1. The summed E-state index contributed by atoms with van der Waals surface area (Å²) >= 11 is 0.